The molecule has 3 heteroatoms. The second-order valence-electron chi connectivity index (χ2n) is 4.23. The van der Waals surface area contributed by atoms with Crippen LogP contribution in [0.1, 0.15) is 37.8 Å². The predicted molar refractivity (Wildman–Crippen MR) is 57.4 cm³/mol. The van der Waals surface area contributed by atoms with Crippen molar-refractivity contribution in [1.29, 1.82) is 0 Å². The van der Waals surface area contributed by atoms with Gasteiger partial charge in [-0.2, -0.15) is 0 Å². The molecule has 1 heterocycles. The van der Waals surface area contributed by atoms with Gasteiger partial charge in [-0.3, -0.25) is 0 Å². The fourth-order valence-corrected chi connectivity index (χ4v) is 1.73. The third-order valence-electron chi connectivity index (χ3n) is 2.31. The average Bonchev–Trinajstić information content (AvgIpc) is 2.34. The summed E-state index contributed by atoms with van der Waals surface area (Å²) in [5, 5.41) is 7.41. The molecule has 0 saturated heterocycles. The van der Waals surface area contributed by atoms with E-state index in [0.29, 0.717) is 12.1 Å². The van der Waals surface area contributed by atoms with Gasteiger partial charge in [0.25, 0.3) is 0 Å². The van der Waals surface area contributed by atoms with Crippen LogP contribution >= 0.6 is 0 Å². The normalized spacial score (nSPS) is 13.6. The molecule has 0 fully saturated rings. The Kier molecular flexibility index (Phi) is 3.69. The summed E-state index contributed by atoms with van der Waals surface area (Å²) in [5.41, 5.74) is 2.26. The highest BCUT2D eigenvalue weighted by Crippen LogP contribution is 2.14. The van der Waals surface area contributed by atoms with E-state index in [1.54, 1.807) is 0 Å². The second kappa shape index (κ2) is 4.60. The Labute approximate surface area is 85.9 Å². The molecule has 1 unspecified atom stereocenters. The van der Waals surface area contributed by atoms with Gasteiger partial charge in [-0.25, -0.2) is 0 Å². The fourth-order valence-electron chi connectivity index (χ4n) is 1.73. The largest absolute Gasteiger partial charge is 0.361 e. The monoisotopic (exact) mass is 196 g/mol. The van der Waals surface area contributed by atoms with E-state index in [0.717, 1.165) is 17.9 Å². The summed E-state index contributed by atoms with van der Waals surface area (Å²) < 4.78 is 5.12. The van der Waals surface area contributed by atoms with Crippen molar-refractivity contribution >= 4 is 0 Å². The highest BCUT2D eigenvalue weighted by atomic mass is 16.5. The number of rotatable bonds is 4. The van der Waals surface area contributed by atoms with Crippen LogP contribution in [-0.4, -0.2) is 17.2 Å². The number of hydrogen-bond acceptors (Lipinski definition) is 3. The van der Waals surface area contributed by atoms with Gasteiger partial charge in [-0.05, 0) is 27.2 Å². The average molecular weight is 196 g/mol. The first kappa shape index (κ1) is 11.2. The van der Waals surface area contributed by atoms with E-state index >= 15 is 0 Å². The molecule has 1 aromatic heterocycles. The maximum Gasteiger partial charge on any atom is 0.137 e. The van der Waals surface area contributed by atoms with Gasteiger partial charge in [0.15, 0.2) is 0 Å². The summed E-state index contributed by atoms with van der Waals surface area (Å²) in [4.78, 5) is 0. The summed E-state index contributed by atoms with van der Waals surface area (Å²) in [5.74, 6) is 0.944. The first-order chi connectivity index (χ1) is 6.50. The molecule has 3 nitrogen and oxygen atoms in total. The first-order valence-electron chi connectivity index (χ1n) is 5.18. The van der Waals surface area contributed by atoms with Crippen LogP contribution in [0.2, 0.25) is 0 Å². The Morgan fingerprint density at radius 1 is 1.29 bits per heavy atom. The van der Waals surface area contributed by atoms with Gasteiger partial charge in [-0.1, -0.05) is 19.0 Å². The summed E-state index contributed by atoms with van der Waals surface area (Å²) in [7, 11) is 0. The molecule has 0 saturated carbocycles. The molecule has 0 spiro atoms. The molecular weight excluding hydrogens is 176 g/mol. The number of aryl methyl sites for hydroxylation is 2. The maximum atomic E-state index is 5.12. The standard InChI is InChI=1S/C11H20N2O/c1-7(2)12-8(3)6-11-9(4)13-14-10(11)5/h7-8,12H,6H2,1-5H3. The highest BCUT2D eigenvalue weighted by Gasteiger charge is 2.12. The molecule has 14 heavy (non-hydrogen) atoms. The molecule has 1 atom stereocenters. The van der Waals surface area contributed by atoms with Crippen molar-refractivity contribution in [2.45, 2.75) is 53.1 Å². The molecule has 0 aliphatic carbocycles. The van der Waals surface area contributed by atoms with Crippen molar-refractivity contribution in [3.8, 4) is 0 Å². The predicted octanol–water partition coefficient (Wildman–Crippen LogP) is 2.22. The van der Waals surface area contributed by atoms with Gasteiger partial charge in [0, 0.05) is 17.6 Å². The minimum atomic E-state index is 0.465. The van der Waals surface area contributed by atoms with Crippen molar-refractivity contribution in [2.24, 2.45) is 0 Å². The summed E-state index contributed by atoms with van der Waals surface area (Å²) in [6.07, 6.45) is 0.985. The minimum Gasteiger partial charge on any atom is -0.361 e. The minimum absolute atomic E-state index is 0.465. The van der Waals surface area contributed by atoms with E-state index in [1.807, 2.05) is 13.8 Å². The van der Waals surface area contributed by atoms with Crippen LogP contribution in [0.25, 0.3) is 0 Å². The van der Waals surface area contributed by atoms with Gasteiger partial charge in [0.2, 0.25) is 0 Å². The molecule has 0 radical (unpaired) electrons. The molecule has 0 amide bonds. The molecule has 0 bridgehead atoms. The van der Waals surface area contributed by atoms with Gasteiger partial charge in [0.1, 0.15) is 5.76 Å². The Balaban J connectivity index is 2.59. The van der Waals surface area contributed by atoms with E-state index in [-0.39, 0.29) is 0 Å². The zero-order chi connectivity index (χ0) is 10.7. The molecule has 1 rings (SSSR count). The van der Waals surface area contributed by atoms with Gasteiger partial charge < -0.3 is 9.84 Å². The van der Waals surface area contributed by atoms with Gasteiger partial charge >= 0.3 is 0 Å². The second-order valence-corrected chi connectivity index (χ2v) is 4.23. The van der Waals surface area contributed by atoms with Crippen LogP contribution in [0, 0.1) is 13.8 Å². The molecule has 80 valence electrons. The lowest BCUT2D eigenvalue weighted by Crippen LogP contribution is -2.34. The highest BCUT2D eigenvalue weighted by molar-refractivity contribution is 5.21. The van der Waals surface area contributed by atoms with E-state index in [4.69, 9.17) is 4.52 Å². The fraction of sp³-hybridized carbons (Fsp3) is 0.727. The van der Waals surface area contributed by atoms with Gasteiger partial charge in [-0.15, -0.1) is 0 Å². The summed E-state index contributed by atoms with van der Waals surface area (Å²) in [6.45, 7) is 10.5. The lowest BCUT2D eigenvalue weighted by Gasteiger charge is -2.16. The number of hydrogen-bond donors (Lipinski definition) is 1. The van der Waals surface area contributed by atoms with Crippen LogP contribution in [0.15, 0.2) is 4.52 Å². The molecule has 0 aromatic carbocycles. The molecule has 1 N–H and O–H groups in total. The van der Waals surface area contributed by atoms with Crippen LogP contribution in [0.4, 0.5) is 0 Å². The molecule has 0 aliphatic rings. The molecule has 0 aliphatic heterocycles. The van der Waals surface area contributed by atoms with E-state index < -0.39 is 0 Å². The first-order valence-corrected chi connectivity index (χ1v) is 5.18. The van der Waals surface area contributed by atoms with Crippen molar-refractivity contribution in [2.75, 3.05) is 0 Å². The van der Waals surface area contributed by atoms with Crippen molar-refractivity contribution in [1.82, 2.24) is 10.5 Å². The Morgan fingerprint density at radius 2 is 1.93 bits per heavy atom. The molecular formula is C11H20N2O. The number of aromatic nitrogens is 1. The topological polar surface area (TPSA) is 38.1 Å². The SMILES string of the molecule is Cc1noc(C)c1CC(C)NC(C)C. The van der Waals surface area contributed by atoms with E-state index in [2.05, 4.69) is 31.2 Å². The van der Waals surface area contributed by atoms with Gasteiger partial charge in [0.05, 0.1) is 5.69 Å². The third-order valence-corrected chi connectivity index (χ3v) is 2.31. The quantitative estimate of drug-likeness (QED) is 0.802. The van der Waals surface area contributed by atoms with Crippen molar-refractivity contribution in [3.05, 3.63) is 17.0 Å². The van der Waals surface area contributed by atoms with E-state index in [1.165, 1.54) is 5.56 Å². The zero-order valence-corrected chi connectivity index (χ0v) is 9.72. The van der Waals surface area contributed by atoms with Crippen molar-refractivity contribution in [3.63, 3.8) is 0 Å². The Bertz CT molecular complexity index is 272. The lowest BCUT2D eigenvalue weighted by atomic mass is 10.1. The Hall–Kier alpha value is -0.830. The molecule has 1 aromatic rings. The zero-order valence-electron chi connectivity index (χ0n) is 9.72. The third kappa shape index (κ3) is 2.84. The lowest BCUT2D eigenvalue weighted by molar-refractivity contribution is 0.391. The Morgan fingerprint density at radius 3 is 2.36 bits per heavy atom. The van der Waals surface area contributed by atoms with Crippen LogP contribution in [0.3, 0.4) is 0 Å². The van der Waals surface area contributed by atoms with Crippen LogP contribution < -0.4 is 5.32 Å². The van der Waals surface area contributed by atoms with Crippen LogP contribution in [0.5, 0.6) is 0 Å². The maximum absolute atomic E-state index is 5.12. The van der Waals surface area contributed by atoms with E-state index in [9.17, 15) is 0 Å². The summed E-state index contributed by atoms with van der Waals surface area (Å²) >= 11 is 0. The summed E-state index contributed by atoms with van der Waals surface area (Å²) in [6, 6.07) is 0.984. The van der Waals surface area contributed by atoms with Crippen molar-refractivity contribution < 1.29 is 4.52 Å². The van der Waals surface area contributed by atoms with Crippen LogP contribution in [-0.2, 0) is 6.42 Å². The smallest absolute Gasteiger partial charge is 0.137 e. The number of nitrogens with one attached hydrogen (secondary N) is 1. The number of nitrogens with zero attached hydrogens (tertiary/aromatic N) is 1.